The number of halogens is 1. The van der Waals surface area contributed by atoms with Crippen LogP contribution in [0.1, 0.15) is 18.9 Å². The van der Waals surface area contributed by atoms with E-state index in [-0.39, 0.29) is 12.1 Å². The molecule has 1 heterocycles. The molecule has 0 bridgehead atoms. The van der Waals surface area contributed by atoms with Gasteiger partial charge in [-0.05, 0) is 42.8 Å². The van der Waals surface area contributed by atoms with Gasteiger partial charge in [-0.1, -0.05) is 42.8 Å². The average molecular weight is 447 g/mol. The van der Waals surface area contributed by atoms with Gasteiger partial charge in [-0.3, -0.25) is 4.79 Å². The summed E-state index contributed by atoms with van der Waals surface area (Å²) in [5.74, 6) is 0.116. The van der Waals surface area contributed by atoms with Crippen LogP contribution in [0.15, 0.2) is 73.0 Å². The number of hydrogen-bond acceptors (Lipinski definition) is 4. The zero-order valence-electron chi connectivity index (χ0n) is 17.7. The Morgan fingerprint density at radius 3 is 2.75 bits per heavy atom. The maximum Gasteiger partial charge on any atom is 0.262 e. The maximum atomic E-state index is 12.3. The van der Waals surface area contributed by atoms with Crippen molar-refractivity contribution in [1.82, 2.24) is 15.1 Å². The molecule has 32 heavy (non-hydrogen) atoms. The lowest BCUT2D eigenvalue weighted by molar-refractivity contribution is -0.116. The number of para-hydroxylation sites is 1. The van der Waals surface area contributed by atoms with Crippen molar-refractivity contribution in [3.63, 3.8) is 0 Å². The van der Waals surface area contributed by atoms with Crippen molar-refractivity contribution in [3.8, 4) is 28.8 Å². The van der Waals surface area contributed by atoms with Crippen LogP contribution in [-0.2, 0) is 4.79 Å². The molecule has 6 nitrogen and oxygen atoms in total. The Labute approximate surface area is 192 Å². The molecule has 3 aromatic rings. The van der Waals surface area contributed by atoms with Gasteiger partial charge < -0.3 is 10.1 Å². The van der Waals surface area contributed by atoms with Gasteiger partial charge >= 0.3 is 0 Å². The van der Waals surface area contributed by atoms with Crippen LogP contribution in [0.3, 0.4) is 0 Å². The second-order valence-electron chi connectivity index (χ2n) is 6.88. The molecule has 0 aliphatic carbocycles. The third-order valence-electron chi connectivity index (χ3n) is 4.50. The zero-order chi connectivity index (χ0) is 22.9. The van der Waals surface area contributed by atoms with Crippen molar-refractivity contribution in [1.29, 1.82) is 5.26 Å². The van der Waals surface area contributed by atoms with Crippen molar-refractivity contribution < 1.29 is 9.53 Å². The molecule has 0 unspecified atom stereocenters. The van der Waals surface area contributed by atoms with Crippen LogP contribution in [0.5, 0.6) is 5.75 Å². The van der Waals surface area contributed by atoms with Crippen LogP contribution in [0, 0.1) is 11.3 Å². The number of hydrogen-bond donors (Lipinski definition) is 1. The number of ether oxygens (including phenoxy) is 1. The van der Waals surface area contributed by atoms with Crippen molar-refractivity contribution in [2.75, 3.05) is 13.2 Å². The molecule has 1 aromatic heterocycles. The van der Waals surface area contributed by atoms with Crippen molar-refractivity contribution in [2.45, 2.75) is 13.3 Å². The molecular weight excluding hydrogens is 424 g/mol. The Morgan fingerprint density at radius 1 is 1.31 bits per heavy atom. The van der Waals surface area contributed by atoms with E-state index < -0.39 is 5.91 Å². The molecule has 162 valence electrons. The second-order valence-corrected chi connectivity index (χ2v) is 7.28. The number of aromatic nitrogens is 2. The predicted molar refractivity (Wildman–Crippen MR) is 127 cm³/mol. The number of nitrogens with one attached hydrogen (secondary N) is 1. The van der Waals surface area contributed by atoms with Crippen molar-refractivity contribution in [3.05, 3.63) is 83.5 Å². The van der Waals surface area contributed by atoms with E-state index in [0.29, 0.717) is 28.6 Å². The number of carbonyl (C=O) groups excluding carboxylic acids is 1. The number of benzene rings is 2. The van der Waals surface area contributed by atoms with E-state index in [9.17, 15) is 10.1 Å². The Morgan fingerprint density at radius 2 is 2.09 bits per heavy atom. The molecule has 0 saturated heterocycles. The molecule has 1 amide bonds. The van der Waals surface area contributed by atoms with E-state index in [4.69, 9.17) is 21.4 Å². The Bertz CT molecular complexity index is 1180. The predicted octanol–water partition coefficient (Wildman–Crippen LogP) is 5.19. The highest BCUT2D eigenvalue weighted by atomic mass is 35.5. The van der Waals surface area contributed by atoms with Gasteiger partial charge in [0.15, 0.2) is 0 Å². The third kappa shape index (κ3) is 5.45. The molecule has 2 aromatic carbocycles. The summed E-state index contributed by atoms with van der Waals surface area (Å²) in [6.07, 6.45) is 5.73. The minimum Gasteiger partial charge on any atom is -0.492 e. The van der Waals surface area contributed by atoms with Crippen LogP contribution in [-0.4, -0.2) is 28.8 Å². The minimum absolute atomic E-state index is 0.0327. The number of nitrogens with zero attached hydrogens (tertiary/aromatic N) is 3. The topological polar surface area (TPSA) is 79.9 Å². The standard InChI is InChI=1S/C25H23ClN4O2/c1-3-12-28-25(31)19(16-27)14-20-17-30(21-8-6-5-7-9-21)29-24(20)18-10-11-23(22(26)15-18)32-13-4-2/h3,5-11,14-15,17H,1,4,12-13H2,2H3,(H,28,31)/b19-14-. The molecular formula is C25H23ClN4O2. The summed E-state index contributed by atoms with van der Waals surface area (Å²) in [6, 6.07) is 17.0. The first-order chi connectivity index (χ1) is 15.6. The lowest BCUT2D eigenvalue weighted by atomic mass is 10.1. The largest absolute Gasteiger partial charge is 0.492 e. The zero-order valence-corrected chi connectivity index (χ0v) is 18.5. The average Bonchev–Trinajstić information content (AvgIpc) is 3.24. The molecule has 1 N–H and O–H groups in total. The first-order valence-corrected chi connectivity index (χ1v) is 10.5. The Hall–Kier alpha value is -3.82. The van der Waals surface area contributed by atoms with Gasteiger partial charge in [-0.2, -0.15) is 10.4 Å². The van der Waals surface area contributed by atoms with E-state index in [1.54, 1.807) is 29.1 Å². The van der Waals surface area contributed by atoms with E-state index in [0.717, 1.165) is 17.7 Å². The van der Waals surface area contributed by atoms with Gasteiger partial charge in [0.2, 0.25) is 0 Å². The molecule has 3 rings (SSSR count). The summed E-state index contributed by atoms with van der Waals surface area (Å²) in [5, 5.41) is 17.3. The lowest BCUT2D eigenvalue weighted by Crippen LogP contribution is -2.24. The first kappa shape index (κ1) is 22.9. The summed E-state index contributed by atoms with van der Waals surface area (Å²) in [4.78, 5) is 12.3. The summed E-state index contributed by atoms with van der Waals surface area (Å²) in [5.41, 5.74) is 2.75. The molecule has 7 heteroatoms. The van der Waals surface area contributed by atoms with E-state index in [1.807, 2.05) is 49.4 Å². The minimum atomic E-state index is -0.479. The lowest BCUT2D eigenvalue weighted by Gasteiger charge is -2.08. The fraction of sp³-hybridized carbons (Fsp3) is 0.160. The fourth-order valence-electron chi connectivity index (χ4n) is 2.97. The number of carbonyl (C=O) groups is 1. The van der Waals surface area contributed by atoms with Crippen molar-refractivity contribution in [2.24, 2.45) is 0 Å². The molecule has 0 fully saturated rings. The van der Waals surface area contributed by atoms with Crippen LogP contribution >= 0.6 is 11.6 Å². The van der Waals surface area contributed by atoms with Gasteiger partial charge in [0.25, 0.3) is 5.91 Å². The Balaban J connectivity index is 2.08. The molecule has 0 radical (unpaired) electrons. The monoisotopic (exact) mass is 446 g/mol. The SMILES string of the molecule is C=CCNC(=O)/C(C#N)=C\c1cn(-c2ccccc2)nc1-c1ccc(OCCC)c(Cl)c1. The van der Waals surface area contributed by atoms with Gasteiger partial charge in [0.05, 0.1) is 17.3 Å². The highest BCUT2D eigenvalue weighted by Gasteiger charge is 2.16. The smallest absolute Gasteiger partial charge is 0.262 e. The fourth-order valence-corrected chi connectivity index (χ4v) is 3.21. The van der Waals surface area contributed by atoms with Crippen LogP contribution < -0.4 is 10.1 Å². The highest BCUT2D eigenvalue weighted by molar-refractivity contribution is 6.32. The number of rotatable bonds is 9. The molecule has 0 spiro atoms. The summed E-state index contributed by atoms with van der Waals surface area (Å²) in [7, 11) is 0. The van der Waals surface area contributed by atoms with Gasteiger partial charge in [-0.15, -0.1) is 6.58 Å². The van der Waals surface area contributed by atoms with Crippen LogP contribution in [0.2, 0.25) is 5.02 Å². The van der Waals surface area contributed by atoms with E-state index >= 15 is 0 Å². The number of amides is 1. The van der Waals surface area contributed by atoms with E-state index in [2.05, 4.69) is 11.9 Å². The molecule has 0 aliphatic rings. The van der Waals surface area contributed by atoms with Gasteiger partial charge in [-0.25, -0.2) is 4.68 Å². The van der Waals surface area contributed by atoms with Gasteiger partial charge in [0, 0.05) is 23.9 Å². The summed E-state index contributed by atoms with van der Waals surface area (Å²) < 4.78 is 7.36. The van der Waals surface area contributed by atoms with Crippen LogP contribution in [0.25, 0.3) is 23.0 Å². The normalized spacial score (nSPS) is 11.0. The molecule has 0 aliphatic heterocycles. The van der Waals surface area contributed by atoms with Crippen LogP contribution in [0.4, 0.5) is 0 Å². The Kier molecular flexibility index (Phi) is 7.85. The first-order valence-electron chi connectivity index (χ1n) is 10.2. The second kappa shape index (κ2) is 11.0. The molecule has 0 atom stereocenters. The third-order valence-corrected chi connectivity index (χ3v) is 4.80. The quantitative estimate of drug-likeness (QED) is 0.278. The van der Waals surface area contributed by atoms with Gasteiger partial charge in [0.1, 0.15) is 23.1 Å². The summed E-state index contributed by atoms with van der Waals surface area (Å²) in [6.45, 7) is 6.43. The molecule has 0 saturated carbocycles. The maximum absolute atomic E-state index is 12.3. The number of nitriles is 1. The van der Waals surface area contributed by atoms with E-state index in [1.165, 1.54) is 6.08 Å². The summed E-state index contributed by atoms with van der Waals surface area (Å²) >= 11 is 6.43. The highest BCUT2D eigenvalue weighted by Crippen LogP contribution is 2.32. The van der Waals surface area contributed by atoms with Crippen molar-refractivity contribution >= 4 is 23.6 Å².